The van der Waals surface area contributed by atoms with Crippen molar-refractivity contribution in [2.75, 3.05) is 19.6 Å². The van der Waals surface area contributed by atoms with E-state index in [1.807, 2.05) is 36.6 Å². The third-order valence-electron chi connectivity index (χ3n) is 5.94. The lowest BCUT2D eigenvalue weighted by atomic mass is 9.90. The number of amides is 2. The predicted octanol–water partition coefficient (Wildman–Crippen LogP) is 4.71. The number of rotatable bonds is 7. The summed E-state index contributed by atoms with van der Waals surface area (Å²) in [6.45, 7) is 3.24. The van der Waals surface area contributed by atoms with Crippen LogP contribution in [-0.2, 0) is 6.42 Å². The van der Waals surface area contributed by atoms with Crippen LogP contribution in [0.2, 0.25) is 0 Å². The molecule has 1 aliphatic heterocycles. The maximum Gasteiger partial charge on any atom is 0.415 e. The van der Waals surface area contributed by atoms with Gasteiger partial charge in [0, 0.05) is 42.2 Å². The highest BCUT2D eigenvalue weighted by atomic mass is 32.1. The first-order chi connectivity index (χ1) is 16.9. The van der Waals surface area contributed by atoms with Gasteiger partial charge in [0.05, 0.1) is 16.2 Å². The van der Waals surface area contributed by atoms with Crippen molar-refractivity contribution in [1.29, 1.82) is 0 Å². The SMILES string of the molecule is Cc1ccc(C(=O)NCCc2cccs2)c(C2CCN(C(=O)Oc3ccccc3[N+](=O)[O-])CC2)n1. The quantitative estimate of drug-likeness (QED) is 0.376. The number of carbonyl (C=O) groups excluding carboxylic acids is 2. The van der Waals surface area contributed by atoms with Gasteiger partial charge < -0.3 is 15.0 Å². The number of likely N-dealkylation sites (tertiary alicyclic amines) is 1. The van der Waals surface area contributed by atoms with Gasteiger partial charge in [-0.05, 0) is 55.8 Å². The number of carbonyl (C=O) groups is 2. The minimum atomic E-state index is -0.624. The number of piperidine rings is 1. The van der Waals surface area contributed by atoms with E-state index in [1.54, 1.807) is 17.4 Å². The van der Waals surface area contributed by atoms with Crippen LogP contribution in [0, 0.1) is 17.0 Å². The van der Waals surface area contributed by atoms with E-state index < -0.39 is 11.0 Å². The Morgan fingerprint density at radius 1 is 1.17 bits per heavy atom. The highest BCUT2D eigenvalue weighted by Crippen LogP contribution is 2.31. The maximum atomic E-state index is 12.9. The molecular weight excluding hydrogens is 468 g/mol. The number of hydrogen-bond donors (Lipinski definition) is 1. The zero-order valence-electron chi connectivity index (χ0n) is 19.3. The number of para-hydroxylation sites is 2. The van der Waals surface area contributed by atoms with Gasteiger partial charge in [0.1, 0.15) is 0 Å². The van der Waals surface area contributed by atoms with E-state index in [0.29, 0.717) is 38.0 Å². The minimum Gasteiger partial charge on any atom is -0.403 e. The molecule has 2 aromatic heterocycles. The summed E-state index contributed by atoms with van der Waals surface area (Å²) in [4.78, 5) is 43.6. The van der Waals surface area contributed by atoms with Crippen LogP contribution in [0.15, 0.2) is 53.9 Å². The lowest BCUT2D eigenvalue weighted by Gasteiger charge is -2.31. The van der Waals surface area contributed by atoms with E-state index in [-0.39, 0.29) is 23.3 Å². The zero-order valence-corrected chi connectivity index (χ0v) is 20.1. The average Bonchev–Trinajstić information content (AvgIpc) is 3.38. The van der Waals surface area contributed by atoms with Crippen LogP contribution < -0.4 is 10.1 Å². The molecule has 1 N–H and O–H groups in total. The number of ether oxygens (including phenoxy) is 1. The van der Waals surface area contributed by atoms with Gasteiger partial charge in [0.25, 0.3) is 5.91 Å². The van der Waals surface area contributed by atoms with Crippen molar-refractivity contribution in [3.63, 3.8) is 0 Å². The Kier molecular flexibility index (Phi) is 7.71. The Morgan fingerprint density at radius 2 is 1.94 bits per heavy atom. The molecule has 1 aromatic carbocycles. The van der Waals surface area contributed by atoms with Gasteiger partial charge in [-0.15, -0.1) is 11.3 Å². The number of thiophene rings is 1. The molecule has 0 radical (unpaired) electrons. The molecule has 10 heteroatoms. The van der Waals surface area contributed by atoms with Crippen molar-refractivity contribution in [3.05, 3.63) is 85.9 Å². The second-order valence-electron chi connectivity index (χ2n) is 8.32. The first-order valence-corrected chi connectivity index (χ1v) is 12.3. The molecule has 3 aromatic rings. The molecule has 1 fully saturated rings. The molecule has 4 rings (SSSR count). The van der Waals surface area contributed by atoms with Crippen molar-refractivity contribution in [2.24, 2.45) is 0 Å². The molecule has 1 aliphatic rings. The molecule has 35 heavy (non-hydrogen) atoms. The van der Waals surface area contributed by atoms with Gasteiger partial charge in [-0.3, -0.25) is 19.9 Å². The second kappa shape index (κ2) is 11.1. The number of nitro groups is 1. The summed E-state index contributed by atoms with van der Waals surface area (Å²) >= 11 is 1.66. The molecule has 0 saturated carbocycles. The van der Waals surface area contributed by atoms with Gasteiger partial charge in [0.15, 0.2) is 0 Å². The molecule has 3 heterocycles. The van der Waals surface area contributed by atoms with E-state index in [1.165, 1.54) is 28.0 Å². The summed E-state index contributed by atoms with van der Waals surface area (Å²) < 4.78 is 5.31. The third-order valence-corrected chi connectivity index (χ3v) is 6.88. The lowest BCUT2D eigenvalue weighted by molar-refractivity contribution is -0.385. The largest absolute Gasteiger partial charge is 0.415 e. The average molecular weight is 495 g/mol. The van der Waals surface area contributed by atoms with Crippen molar-refractivity contribution in [1.82, 2.24) is 15.2 Å². The monoisotopic (exact) mass is 494 g/mol. The second-order valence-corrected chi connectivity index (χ2v) is 9.36. The first-order valence-electron chi connectivity index (χ1n) is 11.4. The van der Waals surface area contributed by atoms with Crippen molar-refractivity contribution >= 4 is 29.0 Å². The number of nitrogens with one attached hydrogen (secondary N) is 1. The topological polar surface area (TPSA) is 115 Å². The Labute approximate surface area is 206 Å². The van der Waals surface area contributed by atoms with E-state index in [2.05, 4.69) is 10.3 Å². The highest BCUT2D eigenvalue weighted by molar-refractivity contribution is 7.09. The Balaban J connectivity index is 1.38. The zero-order chi connectivity index (χ0) is 24.8. The maximum absolute atomic E-state index is 12.9. The summed E-state index contributed by atoms with van der Waals surface area (Å²) in [6, 6.07) is 13.5. The molecule has 9 nitrogen and oxygen atoms in total. The number of hydrogen-bond acceptors (Lipinski definition) is 7. The van der Waals surface area contributed by atoms with Gasteiger partial charge in [-0.25, -0.2) is 4.79 Å². The minimum absolute atomic E-state index is 0.0167. The number of aromatic nitrogens is 1. The van der Waals surface area contributed by atoms with Crippen LogP contribution in [0.4, 0.5) is 10.5 Å². The normalized spacial score (nSPS) is 13.9. The van der Waals surface area contributed by atoms with Gasteiger partial charge in [0.2, 0.25) is 5.75 Å². The van der Waals surface area contributed by atoms with Crippen LogP contribution in [0.3, 0.4) is 0 Å². The number of nitro benzene ring substituents is 1. The van der Waals surface area contributed by atoms with Gasteiger partial charge in [-0.2, -0.15) is 0 Å². The van der Waals surface area contributed by atoms with Gasteiger partial charge in [-0.1, -0.05) is 18.2 Å². The molecule has 0 bridgehead atoms. The number of aryl methyl sites for hydroxylation is 1. The van der Waals surface area contributed by atoms with E-state index in [0.717, 1.165) is 17.8 Å². The van der Waals surface area contributed by atoms with Crippen LogP contribution in [-0.4, -0.2) is 46.4 Å². The van der Waals surface area contributed by atoms with E-state index in [9.17, 15) is 19.7 Å². The molecule has 182 valence electrons. The van der Waals surface area contributed by atoms with Crippen LogP contribution in [0.25, 0.3) is 0 Å². The summed E-state index contributed by atoms with van der Waals surface area (Å²) in [7, 11) is 0. The summed E-state index contributed by atoms with van der Waals surface area (Å²) in [5.74, 6) is -0.211. The van der Waals surface area contributed by atoms with Crippen LogP contribution >= 0.6 is 11.3 Å². The van der Waals surface area contributed by atoms with Crippen molar-refractivity contribution in [3.8, 4) is 5.75 Å². The fourth-order valence-corrected chi connectivity index (χ4v) is 4.83. The van der Waals surface area contributed by atoms with Crippen molar-refractivity contribution < 1.29 is 19.2 Å². The molecule has 0 atom stereocenters. The molecule has 1 saturated heterocycles. The summed E-state index contributed by atoms with van der Waals surface area (Å²) in [6.07, 6.45) is 1.37. The molecule has 0 spiro atoms. The highest BCUT2D eigenvalue weighted by Gasteiger charge is 2.29. The van der Waals surface area contributed by atoms with E-state index >= 15 is 0 Å². The predicted molar refractivity (Wildman–Crippen MR) is 132 cm³/mol. The fraction of sp³-hybridized carbons (Fsp3) is 0.320. The Hall–Kier alpha value is -3.79. The van der Waals surface area contributed by atoms with Crippen LogP contribution in [0.5, 0.6) is 5.75 Å². The standard InChI is InChI=1S/C25H26N4O5S/c1-17-8-9-20(24(30)26-13-10-19-5-4-16-35-19)23(27-17)18-11-14-28(15-12-18)25(31)34-22-7-3-2-6-21(22)29(32)33/h2-9,16,18H,10-15H2,1H3,(H,26,30). The molecule has 2 amide bonds. The van der Waals surface area contributed by atoms with Crippen molar-refractivity contribution in [2.45, 2.75) is 32.1 Å². The third kappa shape index (κ3) is 6.02. The molecule has 0 unspecified atom stereocenters. The van der Waals surface area contributed by atoms with Gasteiger partial charge >= 0.3 is 11.8 Å². The number of nitrogens with zero attached hydrogens (tertiary/aromatic N) is 3. The molecular formula is C25H26N4O5S. The summed E-state index contributed by atoms with van der Waals surface area (Å²) in [5.41, 5.74) is 1.87. The smallest absolute Gasteiger partial charge is 0.403 e. The Bertz CT molecular complexity index is 1210. The fourth-order valence-electron chi connectivity index (χ4n) is 4.12. The number of pyridine rings is 1. The Morgan fingerprint density at radius 3 is 2.66 bits per heavy atom. The van der Waals surface area contributed by atoms with E-state index in [4.69, 9.17) is 4.74 Å². The van der Waals surface area contributed by atoms with Crippen LogP contribution in [0.1, 0.15) is 45.4 Å². The lowest BCUT2D eigenvalue weighted by Crippen LogP contribution is -2.40. The molecule has 0 aliphatic carbocycles. The first kappa shape index (κ1) is 24.3. The summed E-state index contributed by atoms with van der Waals surface area (Å²) in [5, 5.41) is 16.2. The number of benzene rings is 1.